The van der Waals surface area contributed by atoms with Crippen molar-refractivity contribution < 1.29 is 14.7 Å². The van der Waals surface area contributed by atoms with Crippen LogP contribution in [-0.2, 0) is 6.42 Å². The third-order valence-corrected chi connectivity index (χ3v) is 3.82. The molecule has 2 amide bonds. The molecule has 3 aromatic rings. The van der Waals surface area contributed by atoms with Gasteiger partial charge in [0.15, 0.2) is 0 Å². The van der Waals surface area contributed by atoms with Crippen LogP contribution in [0.1, 0.15) is 26.5 Å². The van der Waals surface area contributed by atoms with Gasteiger partial charge < -0.3 is 15.7 Å². The van der Waals surface area contributed by atoms with Crippen LogP contribution in [0.2, 0.25) is 0 Å². The van der Waals surface area contributed by atoms with E-state index in [2.05, 4.69) is 25.8 Å². The number of nitrogens with zero attached hydrogens (tertiary/aromatic N) is 2. The summed E-state index contributed by atoms with van der Waals surface area (Å²) in [4.78, 5) is 28.5. The van der Waals surface area contributed by atoms with Gasteiger partial charge in [0, 0.05) is 19.2 Å². The maximum atomic E-state index is 12.3. The van der Waals surface area contributed by atoms with Gasteiger partial charge in [0.25, 0.3) is 11.8 Å². The van der Waals surface area contributed by atoms with Crippen LogP contribution in [0, 0.1) is 0 Å². The molecule has 0 saturated heterocycles. The fourth-order valence-electron chi connectivity index (χ4n) is 2.49. The van der Waals surface area contributed by atoms with E-state index in [0.717, 1.165) is 5.56 Å². The highest BCUT2D eigenvalue weighted by Gasteiger charge is 2.18. The molecule has 0 aliphatic carbocycles. The number of amides is 2. The van der Waals surface area contributed by atoms with Crippen LogP contribution in [-0.4, -0.2) is 44.8 Å². The number of rotatable bonds is 7. The Morgan fingerprint density at radius 3 is 2.59 bits per heavy atom. The van der Waals surface area contributed by atoms with Crippen molar-refractivity contribution in [2.24, 2.45) is 0 Å². The van der Waals surface area contributed by atoms with Crippen molar-refractivity contribution in [2.45, 2.75) is 12.5 Å². The number of aliphatic hydroxyl groups excluding tert-OH is 1. The zero-order chi connectivity index (χ0) is 19.1. The van der Waals surface area contributed by atoms with Gasteiger partial charge in [-0.3, -0.25) is 19.7 Å². The molecule has 0 aliphatic rings. The summed E-state index contributed by atoms with van der Waals surface area (Å²) in [7, 11) is 0. The van der Waals surface area contributed by atoms with Crippen molar-refractivity contribution in [3.63, 3.8) is 0 Å². The molecule has 0 aliphatic heterocycles. The van der Waals surface area contributed by atoms with Gasteiger partial charge in [-0.2, -0.15) is 5.10 Å². The lowest BCUT2D eigenvalue weighted by atomic mass is 10.1. The highest BCUT2D eigenvalue weighted by molar-refractivity contribution is 6.07. The van der Waals surface area contributed by atoms with Gasteiger partial charge in [-0.25, -0.2) is 0 Å². The largest absolute Gasteiger partial charge is 0.391 e. The van der Waals surface area contributed by atoms with Crippen LogP contribution in [0.5, 0.6) is 0 Å². The van der Waals surface area contributed by atoms with Crippen molar-refractivity contribution >= 4 is 17.5 Å². The SMILES string of the molecule is O=C(Nc1cn[nH]c1C(=O)NCC(O)Cc1ccccc1)c1ccccn1. The van der Waals surface area contributed by atoms with Gasteiger partial charge in [-0.05, 0) is 17.7 Å². The Bertz CT molecular complexity index is 896. The number of benzene rings is 1. The number of pyridine rings is 1. The molecule has 3 rings (SSSR count). The quantitative estimate of drug-likeness (QED) is 0.504. The molecule has 0 bridgehead atoms. The summed E-state index contributed by atoms with van der Waals surface area (Å²) >= 11 is 0. The van der Waals surface area contributed by atoms with Gasteiger partial charge in [0.1, 0.15) is 11.4 Å². The number of aromatic nitrogens is 3. The van der Waals surface area contributed by atoms with Crippen molar-refractivity contribution in [3.05, 3.63) is 77.9 Å². The van der Waals surface area contributed by atoms with Gasteiger partial charge in [0.05, 0.1) is 18.0 Å². The number of anilines is 1. The number of aliphatic hydroxyl groups is 1. The Morgan fingerprint density at radius 1 is 1.07 bits per heavy atom. The summed E-state index contributed by atoms with van der Waals surface area (Å²) in [6.45, 7) is 0.0698. The van der Waals surface area contributed by atoms with Gasteiger partial charge in [-0.15, -0.1) is 0 Å². The number of hydrogen-bond acceptors (Lipinski definition) is 5. The molecule has 138 valence electrons. The number of hydrogen-bond donors (Lipinski definition) is 4. The average Bonchev–Trinajstić information content (AvgIpc) is 3.16. The number of H-pyrrole nitrogens is 1. The molecular formula is C19H19N5O3. The molecule has 0 saturated carbocycles. The second-order valence-electron chi connectivity index (χ2n) is 5.88. The summed E-state index contributed by atoms with van der Waals surface area (Å²) in [5.74, 6) is -0.925. The molecule has 0 spiro atoms. The molecule has 0 radical (unpaired) electrons. The second-order valence-corrected chi connectivity index (χ2v) is 5.88. The molecule has 8 nitrogen and oxygen atoms in total. The first-order chi connectivity index (χ1) is 13.1. The molecule has 1 aromatic carbocycles. The minimum absolute atomic E-state index is 0.0698. The standard InChI is InChI=1S/C19H19N5O3/c25-14(10-13-6-2-1-3-7-13)11-21-19(27)17-16(12-22-24-17)23-18(26)15-8-4-5-9-20-15/h1-9,12,14,25H,10-11H2,(H,21,27)(H,22,24)(H,23,26). The van der Waals surface area contributed by atoms with Crippen LogP contribution in [0.25, 0.3) is 0 Å². The first-order valence-electron chi connectivity index (χ1n) is 8.39. The van der Waals surface area contributed by atoms with Crippen LogP contribution < -0.4 is 10.6 Å². The minimum atomic E-state index is -0.731. The third kappa shape index (κ3) is 4.99. The molecule has 2 aromatic heterocycles. The highest BCUT2D eigenvalue weighted by atomic mass is 16.3. The fraction of sp³-hybridized carbons (Fsp3) is 0.158. The van der Waals surface area contributed by atoms with Crippen molar-refractivity contribution in [1.29, 1.82) is 0 Å². The Balaban J connectivity index is 1.56. The summed E-state index contributed by atoms with van der Waals surface area (Å²) in [6, 6.07) is 14.5. The van der Waals surface area contributed by atoms with E-state index in [-0.39, 0.29) is 23.6 Å². The Kier molecular flexibility index (Phi) is 5.91. The lowest BCUT2D eigenvalue weighted by Crippen LogP contribution is -2.34. The van der Waals surface area contributed by atoms with E-state index in [1.807, 2.05) is 30.3 Å². The topological polar surface area (TPSA) is 120 Å². The molecular weight excluding hydrogens is 346 g/mol. The highest BCUT2D eigenvalue weighted by Crippen LogP contribution is 2.13. The number of carbonyl (C=O) groups excluding carboxylic acids is 2. The fourth-order valence-corrected chi connectivity index (χ4v) is 2.49. The third-order valence-electron chi connectivity index (χ3n) is 3.82. The maximum Gasteiger partial charge on any atom is 0.274 e. The second kappa shape index (κ2) is 8.72. The zero-order valence-electron chi connectivity index (χ0n) is 14.4. The van der Waals surface area contributed by atoms with E-state index < -0.39 is 17.9 Å². The summed E-state index contributed by atoms with van der Waals surface area (Å²) in [6.07, 6.45) is 2.54. The Morgan fingerprint density at radius 2 is 1.85 bits per heavy atom. The van der Waals surface area contributed by atoms with E-state index in [4.69, 9.17) is 0 Å². The van der Waals surface area contributed by atoms with Crippen molar-refractivity contribution in [2.75, 3.05) is 11.9 Å². The monoisotopic (exact) mass is 365 g/mol. The minimum Gasteiger partial charge on any atom is -0.391 e. The number of nitrogens with one attached hydrogen (secondary N) is 3. The normalized spacial score (nSPS) is 11.6. The van der Waals surface area contributed by atoms with Gasteiger partial charge in [-0.1, -0.05) is 36.4 Å². The Labute approximate surface area is 155 Å². The lowest BCUT2D eigenvalue weighted by Gasteiger charge is -2.12. The smallest absolute Gasteiger partial charge is 0.274 e. The lowest BCUT2D eigenvalue weighted by molar-refractivity contribution is 0.0912. The van der Waals surface area contributed by atoms with Crippen LogP contribution in [0.15, 0.2) is 60.9 Å². The summed E-state index contributed by atoms with van der Waals surface area (Å²) < 4.78 is 0. The first-order valence-corrected chi connectivity index (χ1v) is 8.39. The molecule has 4 N–H and O–H groups in total. The predicted octanol–water partition coefficient (Wildman–Crippen LogP) is 1.39. The molecule has 1 unspecified atom stereocenters. The van der Waals surface area contributed by atoms with Crippen molar-refractivity contribution in [3.8, 4) is 0 Å². The van der Waals surface area contributed by atoms with E-state index in [1.54, 1.807) is 18.2 Å². The van der Waals surface area contributed by atoms with Crippen LogP contribution >= 0.6 is 0 Å². The number of carbonyl (C=O) groups is 2. The Hall–Kier alpha value is -3.52. The number of aromatic amines is 1. The predicted molar refractivity (Wildman–Crippen MR) is 99.3 cm³/mol. The van der Waals surface area contributed by atoms with Gasteiger partial charge >= 0.3 is 0 Å². The van der Waals surface area contributed by atoms with E-state index in [1.165, 1.54) is 12.4 Å². The van der Waals surface area contributed by atoms with Crippen LogP contribution in [0.4, 0.5) is 5.69 Å². The summed E-state index contributed by atoms with van der Waals surface area (Å²) in [5, 5.41) is 21.7. The van der Waals surface area contributed by atoms with Crippen molar-refractivity contribution in [1.82, 2.24) is 20.5 Å². The molecule has 2 heterocycles. The van der Waals surface area contributed by atoms with E-state index >= 15 is 0 Å². The maximum absolute atomic E-state index is 12.3. The zero-order valence-corrected chi connectivity index (χ0v) is 14.4. The van der Waals surface area contributed by atoms with Gasteiger partial charge in [0.2, 0.25) is 0 Å². The first kappa shape index (κ1) is 18.3. The molecule has 27 heavy (non-hydrogen) atoms. The summed E-state index contributed by atoms with van der Waals surface area (Å²) in [5.41, 5.74) is 1.54. The molecule has 0 fully saturated rings. The van der Waals surface area contributed by atoms with E-state index in [0.29, 0.717) is 6.42 Å². The van der Waals surface area contributed by atoms with E-state index in [9.17, 15) is 14.7 Å². The van der Waals surface area contributed by atoms with Crippen LogP contribution in [0.3, 0.4) is 0 Å². The average molecular weight is 365 g/mol. The molecule has 1 atom stereocenters. The molecule has 8 heteroatoms.